The van der Waals surface area contributed by atoms with Crippen LogP contribution in [0.3, 0.4) is 0 Å². The van der Waals surface area contributed by atoms with Crippen molar-refractivity contribution < 1.29 is 9.18 Å². The zero-order valence-corrected chi connectivity index (χ0v) is 11.5. The van der Waals surface area contributed by atoms with E-state index in [1.807, 2.05) is 13.8 Å². The summed E-state index contributed by atoms with van der Waals surface area (Å²) < 4.78 is 13.6. The summed E-state index contributed by atoms with van der Waals surface area (Å²) in [5, 5.41) is 0. The Morgan fingerprint density at radius 1 is 1.41 bits per heavy atom. The standard InChI is InChI=1S/C13H15BrFNO/c1-8-9(2)16(6-5-13(8)17)10-3-4-12(15)11(14)7-10/h3-4,7-9H,5-6H2,1-2H3. The smallest absolute Gasteiger partial charge is 0.139 e. The quantitative estimate of drug-likeness (QED) is 0.792. The van der Waals surface area contributed by atoms with Crippen molar-refractivity contribution in [3.8, 4) is 0 Å². The van der Waals surface area contributed by atoms with Crippen molar-refractivity contribution in [2.75, 3.05) is 11.4 Å². The lowest BCUT2D eigenvalue weighted by atomic mass is 9.90. The van der Waals surface area contributed by atoms with E-state index in [0.29, 0.717) is 23.2 Å². The third-order valence-corrected chi connectivity index (χ3v) is 4.16. The molecule has 1 aliphatic heterocycles. The molecule has 1 fully saturated rings. The number of piperidine rings is 1. The van der Waals surface area contributed by atoms with Crippen molar-refractivity contribution in [2.24, 2.45) is 5.92 Å². The molecule has 2 rings (SSSR count). The Morgan fingerprint density at radius 3 is 2.76 bits per heavy atom. The molecule has 2 nitrogen and oxygen atoms in total. The lowest BCUT2D eigenvalue weighted by Crippen LogP contribution is -2.46. The van der Waals surface area contributed by atoms with Crippen LogP contribution in [0.15, 0.2) is 22.7 Å². The van der Waals surface area contributed by atoms with Crippen LogP contribution in [-0.4, -0.2) is 18.4 Å². The van der Waals surface area contributed by atoms with Gasteiger partial charge in [-0.2, -0.15) is 0 Å². The average molecular weight is 300 g/mol. The first-order valence-electron chi connectivity index (χ1n) is 5.75. The van der Waals surface area contributed by atoms with Crippen LogP contribution in [0, 0.1) is 11.7 Å². The summed E-state index contributed by atoms with van der Waals surface area (Å²) in [6.07, 6.45) is 0.570. The van der Waals surface area contributed by atoms with E-state index >= 15 is 0 Å². The number of ketones is 1. The van der Waals surface area contributed by atoms with Crippen molar-refractivity contribution in [2.45, 2.75) is 26.3 Å². The van der Waals surface area contributed by atoms with Gasteiger partial charge in [0.05, 0.1) is 4.47 Å². The molecule has 92 valence electrons. The fraction of sp³-hybridized carbons (Fsp3) is 0.462. The van der Waals surface area contributed by atoms with Crippen molar-refractivity contribution in [3.63, 3.8) is 0 Å². The minimum atomic E-state index is -0.262. The Kier molecular flexibility index (Phi) is 3.52. The lowest BCUT2D eigenvalue weighted by molar-refractivity contribution is -0.123. The topological polar surface area (TPSA) is 20.3 Å². The molecule has 2 unspecified atom stereocenters. The first-order chi connectivity index (χ1) is 8.00. The predicted molar refractivity (Wildman–Crippen MR) is 69.7 cm³/mol. The summed E-state index contributed by atoms with van der Waals surface area (Å²) in [6.45, 7) is 4.71. The molecule has 1 aromatic rings. The molecular weight excluding hydrogens is 285 g/mol. The van der Waals surface area contributed by atoms with E-state index in [2.05, 4.69) is 20.8 Å². The Balaban J connectivity index is 2.27. The van der Waals surface area contributed by atoms with E-state index in [-0.39, 0.29) is 17.8 Å². The minimum Gasteiger partial charge on any atom is -0.368 e. The molecule has 0 spiro atoms. The maximum absolute atomic E-state index is 13.2. The van der Waals surface area contributed by atoms with Gasteiger partial charge in [-0.15, -0.1) is 0 Å². The number of hydrogen-bond donors (Lipinski definition) is 0. The van der Waals surface area contributed by atoms with Gasteiger partial charge in [-0.25, -0.2) is 4.39 Å². The van der Waals surface area contributed by atoms with Gasteiger partial charge in [0.15, 0.2) is 0 Å². The van der Waals surface area contributed by atoms with Gasteiger partial charge >= 0.3 is 0 Å². The van der Waals surface area contributed by atoms with Crippen molar-refractivity contribution in [1.82, 2.24) is 0 Å². The van der Waals surface area contributed by atoms with Gasteiger partial charge in [0.1, 0.15) is 11.6 Å². The van der Waals surface area contributed by atoms with Crippen LogP contribution in [0.5, 0.6) is 0 Å². The van der Waals surface area contributed by atoms with E-state index in [1.54, 1.807) is 12.1 Å². The van der Waals surface area contributed by atoms with Crippen LogP contribution >= 0.6 is 15.9 Å². The number of carbonyl (C=O) groups is 1. The number of anilines is 1. The zero-order chi connectivity index (χ0) is 12.6. The highest BCUT2D eigenvalue weighted by atomic mass is 79.9. The molecule has 0 radical (unpaired) electrons. The first kappa shape index (κ1) is 12.6. The monoisotopic (exact) mass is 299 g/mol. The van der Waals surface area contributed by atoms with Gasteiger partial charge in [0, 0.05) is 30.6 Å². The summed E-state index contributed by atoms with van der Waals surface area (Å²) in [5.74, 6) is 0.0880. The highest BCUT2D eigenvalue weighted by molar-refractivity contribution is 9.10. The number of carbonyl (C=O) groups excluding carboxylic acids is 1. The van der Waals surface area contributed by atoms with E-state index in [0.717, 1.165) is 5.69 Å². The molecule has 1 saturated heterocycles. The van der Waals surface area contributed by atoms with Crippen LogP contribution in [-0.2, 0) is 4.79 Å². The van der Waals surface area contributed by atoms with Gasteiger partial charge in [0.25, 0.3) is 0 Å². The van der Waals surface area contributed by atoms with E-state index < -0.39 is 0 Å². The molecule has 17 heavy (non-hydrogen) atoms. The molecule has 0 amide bonds. The fourth-order valence-corrected chi connectivity index (χ4v) is 2.60. The summed E-state index contributed by atoms with van der Waals surface area (Å²) in [7, 11) is 0. The highest BCUT2D eigenvalue weighted by Crippen LogP contribution is 2.29. The summed E-state index contributed by atoms with van der Waals surface area (Å²) >= 11 is 3.19. The van der Waals surface area contributed by atoms with Crippen LogP contribution in [0.1, 0.15) is 20.3 Å². The zero-order valence-electron chi connectivity index (χ0n) is 9.91. The molecule has 0 bridgehead atoms. The number of Topliss-reactive ketones (excluding diaryl/α,β-unsaturated/α-hetero) is 1. The van der Waals surface area contributed by atoms with Crippen molar-refractivity contribution >= 4 is 27.4 Å². The SMILES string of the molecule is CC1C(=O)CCN(c2ccc(F)c(Br)c2)C1C. The maximum atomic E-state index is 13.2. The van der Waals surface area contributed by atoms with Gasteiger partial charge in [0.2, 0.25) is 0 Å². The molecule has 1 heterocycles. The largest absolute Gasteiger partial charge is 0.368 e. The molecule has 0 aliphatic carbocycles. The molecule has 0 saturated carbocycles. The average Bonchev–Trinajstić information content (AvgIpc) is 2.30. The van der Waals surface area contributed by atoms with Crippen molar-refractivity contribution in [1.29, 1.82) is 0 Å². The van der Waals surface area contributed by atoms with Crippen LogP contribution in [0.2, 0.25) is 0 Å². The van der Waals surface area contributed by atoms with Gasteiger partial charge in [-0.1, -0.05) is 6.92 Å². The second-order valence-corrected chi connectivity index (χ2v) is 5.39. The van der Waals surface area contributed by atoms with E-state index in [9.17, 15) is 9.18 Å². The lowest BCUT2D eigenvalue weighted by Gasteiger charge is -2.38. The number of rotatable bonds is 1. The minimum absolute atomic E-state index is 0.0348. The van der Waals surface area contributed by atoms with Crippen LogP contribution in [0.4, 0.5) is 10.1 Å². The summed E-state index contributed by atoms with van der Waals surface area (Å²) in [4.78, 5) is 13.8. The Labute approximate surface area is 109 Å². The summed E-state index contributed by atoms with van der Waals surface area (Å²) in [5.41, 5.74) is 0.963. The molecule has 1 aromatic carbocycles. The number of hydrogen-bond acceptors (Lipinski definition) is 2. The Hall–Kier alpha value is -0.900. The van der Waals surface area contributed by atoms with E-state index in [4.69, 9.17) is 0 Å². The summed E-state index contributed by atoms with van der Waals surface area (Å²) in [6, 6.07) is 5.15. The number of halogens is 2. The maximum Gasteiger partial charge on any atom is 0.139 e. The third-order valence-electron chi connectivity index (χ3n) is 3.56. The number of benzene rings is 1. The molecule has 0 N–H and O–H groups in total. The second kappa shape index (κ2) is 4.77. The van der Waals surface area contributed by atoms with Gasteiger partial charge in [-0.3, -0.25) is 4.79 Å². The highest BCUT2D eigenvalue weighted by Gasteiger charge is 2.30. The Morgan fingerprint density at radius 2 is 2.12 bits per heavy atom. The normalized spacial score (nSPS) is 25.2. The predicted octanol–water partition coefficient (Wildman–Crippen LogP) is 3.39. The molecule has 2 atom stereocenters. The fourth-order valence-electron chi connectivity index (χ4n) is 2.23. The molecule has 1 aliphatic rings. The number of nitrogens with zero attached hydrogens (tertiary/aromatic N) is 1. The first-order valence-corrected chi connectivity index (χ1v) is 6.54. The molecule has 4 heteroatoms. The molecule has 0 aromatic heterocycles. The van der Waals surface area contributed by atoms with Crippen LogP contribution in [0.25, 0.3) is 0 Å². The van der Waals surface area contributed by atoms with Crippen LogP contribution < -0.4 is 4.90 Å². The van der Waals surface area contributed by atoms with E-state index in [1.165, 1.54) is 6.07 Å². The van der Waals surface area contributed by atoms with Gasteiger partial charge < -0.3 is 4.90 Å². The second-order valence-electron chi connectivity index (χ2n) is 4.54. The van der Waals surface area contributed by atoms with Crippen molar-refractivity contribution in [3.05, 3.63) is 28.5 Å². The van der Waals surface area contributed by atoms with Gasteiger partial charge in [-0.05, 0) is 41.1 Å². The Bertz CT molecular complexity index is 449. The third kappa shape index (κ3) is 2.37. The molecular formula is C13H15BrFNO.